The van der Waals surface area contributed by atoms with Gasteiger partial charge in [0.15, 0.2) is 0 Å². The molecule has 0 saturated carbocycles. The summed E-state index contributed by atoms with van der Waals surface area (Å²) < 4.78 is 5.28. The maximum atomic E-state index is 11.4. The molecule has 3 N–H and O–H groups in total. The van der Waals surface area contributed by atoms with E-state index in [4.69, 9.17) is 10.5 Å². The Labute approximate surface area is 86.2 Å². The predicted molar refractivity (Wildman–Crippen MR) is 56.9 cm³/mol. The van der Waals surface area contributed by atoms with E-state index in [9.17, 15) is 4.79 Å². The van der Waals surface area contributed by atoms with Crippen LogP contribution in [0.25, 0.3) is 0 Å². The quantitative estimate of drug-likeness (QED) is 0.659. The Morgan fingerprint density at radius 1 is 1.43 bits per heavy atom. The van der Waals surface area contributed by atoms with Crippen LogP contribution in [0.15, 0.2) is 0 Å². The number of hydrogen-bond donors (Lipinski definition) is 2. The van der Waals surface area contributed by atoms with Gasteiger partial charge in [0.2, 0.25) is 5.91 Å². The van der Waals surface area contributed by atoms with Gasteiger partial charge in [-0.15, -0.1) is 0 Å². The number of ether oxygens (including phenoxy) is 1. The second kappa shape index (κ2) is 6.79. The van der Waals surface area contributed by atoms with Gasteiger partial charge >= 0.3 is 0 Å². The molecule has 0 aromatic carbocycles. The lowest BCUT2D eigenvalue weighted by Crippen LogP contribution is -2.46. The third kappa shape index (κ3) is 5.19. The van der Waals surface area contributed by atoms with Crippen molar-refractivity contribution in [3.63, 3.8) is 0 Å². The molecule has 84 valence electrons. The predicted octanol–water partition coefficient (Wildman–Crippen LogP) is 0.511. The van der Waals surface area contributed by atoms with Crippen molar-refractivity contribution in [2.75, 3.05) is 13.2 Å². The van der Waals surface area contributed by atoms with Crippen molar-refractivity contribution in [3.05, 3.63) is 0 Å². The van der Waals surface area contributed by atoms with Gasteiger partial charge in [0.05, 0.1) is 12.1 Å². The molecule has 0 saturated heterocycles. The zero-order chi connectivity index (χ0) is 11.1. The van der Waals surface area contributed by atoms with Crippen molar-refractivity contribution in [3.8, 4) is 0 Å². The molecule has 0 aliphatic heterocycles. The Morgan fingerprint density at radius 2 is 2.00 bits per heavy atom. The van der Waals surface area contributed by atoms with Gasteiger partial charge in [0.1, 0.15) is 0 Å². The van der Waals surface area contributed by atoms with Gasteiger partial charge < -0.3 is 15.8 Å². The Morgan fingerprint density at radius 3 is 2.43 bits per heavy atom. The second-order valence-corrected chi connectivity index (χ2v) is 3.78. The van der Waals surface area contributed by atoms with Crippen LogP contribution < -0.4 is 11.1 Å². The molecule has 0 aliphatic carbocycles. The first kappa shape index (κ1) is 13.4. The fraction of sp³-hybridized carbons (Fsp3) is 0.900. The van der Waals surface area contributed by atoms with Gasteiger partial charge in [-0.3, -0.25) is 4.79 Å². The van der Waals surface area contributed by atoms with Crippen LogP contribution in [0.3, 0.4) is 0 Å². The first-order valence-electron chi connectivity index (χ1n) is 5.13. The smallest absolute Gasteiger partial charge is 0.237 e. The van der Waals surface area contributed by atoms with Gasteiger partial charge in [0.25, 0.3) is 0 Å². The van der Waals surface area contributed by atoms with Crippen LogP contribution in [0.1, 0.15) is 27.7 Å². The highest BCUT2D eigenvalue weighted by molar-refractivity contribution is 5.81. The van der Waals surface area contributed by atoms with Gasteiger partial charge in [-0.25, -0.2) is 0 Å². The van der Waals surface area contributed by atoms with Gasteiger partial charge in [-0.1, -0.05) is 13.8 Å². The van der Waals surface area contributed by atoms with E-state index in [-0.39, 0.29) is 17.9 Å². The maximum Gasteiger partial charge on any atom is 0.237 e. The summed E-state index contributed by atoms with van der Waals surface area (Å²) in [5.74, 6) is 0.0592. The number of amides is 1. The Hall–Kier alpha value is -0.610. The Balaban J connectivity index is 3.73. The molecule has 0 radical (unpaired) electrons. The highest BCUT2D eigenvalue weighted by Gasteiger charge is 2.17. The monoisotopic (exact) mass is 202 g/mol. The molecule has 0 aromatic heterocycles. The largest absolute Gasteiger partial charge is 0.377 e. The zero-order valence-corrected chi connectivity index (χ0v) is 9.54. The topological polar surface area (TPSA) is 64.3 Å². The highest BCUT2D eigenvalue weighted by atomic mass is 16.5. The van der Waals surface area contributed by atoms with E-state index in [1.165, 1.54) is 0 Å². The first-order valence-corrected chi connectivity index (χ1v) is 5.13. The van der Waals surface area contributed by atoms with Crippen LogP contribution in [0.5, 0.6) is 0 Å². The lowest BCUT2D eigenvalue weighted by Gasteiger charge is -2.17. The van der Waals surface area contributed by atoms with Gasteiger partial charge in [0, 0.05) is 13.2 Å². The van der Waals surface area contributed by atoms with E-state index in [1.807, 2.05) is 27.7 Å². The molecule has 0 aliphatic rings. The molecule has 1 unspecified atom stereocenters. The number of hydrogen-bond acceptors (Lipinski definition) is 3. The molecule has 2 atom stereocenters. The van der Waals surface area contributed by atoms with Crippen molar-refractivity contribution >= 4 is 5.91 Å². The molecular weight excluding hydrogens is 180 g/mol. The summed E-state index contributed by atoms with van der Waals surface area (Å²) in [7, 11) is 0. The SMILES string of the molecule is CCOC(C)CNC(=O)[C@@H](N)C(C)C. The molecule has 4 heteroatoms. The zero-order valence-electron chi connectivity index (χ0n) is 9.54. The lowest BCUT2D eigenvalue weighted by molar-refractivity contribution is -0.123. The molecule has 1 amide bonds. The van der Waals surface area contributed by atoms with E-state index in [0.717, 1.165) is 0 Å². The fourth-order valence-electron chi connectivity index (χ4n) is 1.01. The number of carbonyl (C=O) groups excluding carboxylic acids is 1. The van der Waals surface area contributed by atoms with Crippen molar-refractivity contribution in [1.29, 1.82) is 0 Å². The number of nitrogens with two attached hydrogens (primary N) is 1. The molecule has 14 heavy (non-hydrogen) atoms. The summed E-state index contributed by atoms with van der Waals surface area (Å²) in [6.07, 6.45) is 0.0447. The molecule has 0 aromatic rings. The first-order chi connectivity index (χ1) is 6.49. The van der Waals surface area contributed by atoms with Crippen LogP contribution in [-0.4, -0.2) is 31.2 Å². The second-order valence-electron chi connectivity index (χ2n) is 3.78. The normalized spacial score (nSPS) is 15.3. The number of carbonyl (C=O) groups is 1. The average Bonchev–Trinajstić information content (AvgIpc) is 2.13. The minimum Gasteiger partial charge on any atom is -0.377 e. The molecule has 0 spiro atoms. The summed E-state index contributed by atoms with van der Waals surface area (Å²) >= 11 is 0. The van der Waals surface area contributed by atoms with E-state index in [2.05, 4.69) is 5.32 Å². The summed E-state index contributed by atoms with van der Waals surface area (Å²) in [5, 5.41) is 2.76. The maximum absolute atomic E-state index is 11.4. The third-order valence-corrected chi connectivity index (χ3v) is 2.04. The van der Waals surface area contributed by atoms with Crippen LogP contribution in [0.2, 0.25) is 0 Å². The van der Waals surface area contributed by atoms with Crippen molar-refractivity contribution in [1.82, 2.24) is 5.32 Å². The molecular formula is C10H22N2O2. The van der Waals surface area contributed by atoms with E-state index >= 15 is 0 Å². The van der Waals surface area contributed by atoms with E-state index in [1.54, 1.807) is 0 Å². The third-order valence-electron chi connectivity index (χ3n) is 2.04. The van der Waals surface area contributed by atoms with Crippen molar-refractivity contribution in [2.45, 2.75) is 39.8 Å². The Bertz CT molecular complexity index is 172. The van der Waals surface area contributed by atoms with Crippen LogP contribution >= 0.6 is 0 Å². The molecule has 0 rings (SSSR count). The van der Waals surface area contributed by atoms with Crippen molar-refractivity contribution in [2.24, 2.45) is 11.7 Å². The van der Waals surface area contributed by atoms with Crippen LogP contribution in [0.4, 0.5) is 0 Å². The van der Waals surface area contributed by atoms with E-state index < -0.39 is 6.04 Å². The number of nitrogens with one attached hydrogen (secondary N) is 1. The molecule has 0 fully saturated rings. The van der Waals surface area contributed by atoms with Crippen molar-refractivity contribution < 1.29 is 9.53 Å². The minimum atomic E-state index is -0.427. The van der Waals surface area contributed by atoms with Crippen LogP contribution in [0, 0.1) is 5.92 Å². The summed E-state index contributed by atoms with van der Waals surface area (Å²) in [5.41, 5.74) is 5.67. The number of rotatable bonds is 6. The minimum absolute atomic E-state index is 0.0447. The van der Waals surface area contributed by atoms with E-state index in [0.29, 0.717) is 13.2 Å². The molecule has 0 bridgehead atoms. The lowest BCUT2D eigenvalue weighted by atomic mass is 10.1. The molecule has 4 nitrogen and oxygen atoms in total. The summed E-state index contributed by atoms with van der Waals surface area (Å²) in [6, 6.07) is -0.427. The average molecular weight is 202 g/mol. The highest BCUT2D eigenvalue weighted by Crippen LogP contribution is 1.98. The standard InChI is InChI=1S/C10H22N2O2/c1-5-14-8(4)6-12-10(13)9(11)7(2)3/h7-9H,5-6,11H2,1-4H3,(H,12,13)/t8?,9-/m0/s1. The van der Waals surface area contributed by atoms with Gasteiger partial charge in [-0.05, 0) is 19.8 Å². The van der Waals surface area contributed by atoms with Gasteiger partial charge in [-0.2, -0.15) is 0 Å². The fourth-order valence-corrected chi connectivity index (χ4v) is 1.01. The Kier molecular flexibility index (Phi) is 6.49. The van der Waals surface area contributed by atoms with Crippen LogP contribution in [-0.2, 0) is 9.53 Å². The molecule has 0 heterocycles. The summed E-state index contributed by atoms with van der Waals surface area (Å²) in [4.78, 5) is 11.4. The summed E-state index contributed by atoms with van der Waals surface area (Å²) in [6.45, 7) is 8.88.